The molecule has 6 heteroatoms. The Morgan fingerprint density at radius 3 is 2.93 bits per heavy atom. The Bertz CT molecular complexity index is 1270. The zero-order valence-corrected chi connectivity index (χ0v) is 16.7. The molecule has 0 bridgehead atoms. The number of rotatable bonds is 5. The number of allylic oxidation sites excluding steroid dienone is 1. The molecule has 0 spiro atoms. The third-order valence-electron chi connectivity index (χ3n) is 5.67. The Kier molecular flexibility index (Phi) is 4.77. The van der Waals surface area contributed by atoms with Gasteiger partial charge in [0.1, 0.15) is 5.82 Å². The fourth-order valence-corrected chi connectivity index (χ4v) is 4.24. The highest BCUT2D eigenvalue weighted by molar-refractivity contribution is 5.84. The van der Waals surface area contributed by atoms with E-state index in [0.717, 1.165) is 42.9 Å². The summed E-state index contributed by atoms with van der Waals surface area (Å²) in [5, 5.41) is 1.25. The molecule has 0 saturated heterocycles. The van der Waals surface area contributed by atoms with Gasteiger partial charge >= 0.3 is 0 Å². The molecule has 30 heavy (non-hydrogen) atoms. The molecule has 4 aromatic rings. The number of fused-ring (bicyclic) bond motifs is 2. The fourth-order valence-electron chi connectivity index (χ4n) is 4.24. The van der Waals surface area contributed by atoms with Crippen LogP contribution in [0.2, 0.25) is 0 Å². The van der Waals surface area contributed by atoms with Gasteiger partial charge in [0, 0.05) is 67.7 Å². The van der Waals surface area contributed by atoms with E-state index in [1.165, 1.54) is 16.5 Å². The minimum Gasteiger partial charge on any atom is -0.343 e. The average molecular weight is 397 g/mol. The summed E-state index contributed by atoms with van der Waals surface area (Å²) in [5.41, 5.74) is 4.91. The van der Waals surface area contributed by atoms with Crippen LogP contribution < -0.4 is 5.56 Å². The SMILES string of the molecule is C=CCn1cc(CN2CCc3nc(-c4cccnc4)[nH]c(=O)c3C2)c2ccccc21. The van der Waals surface area contributed by atoms with Gasteiger partial charge in [-0.05, 0) is 23.8 Å². The second-order valence-electron chi connectivity index (χ2n) is 7.65. The molecule has 4 heterocycles. The van der Waals surface area contributed by atoms with Gasteiger partial charge in [0.15, 0.2) is 0 Å². The van der Waals surface area contributed by atoms with E-state index in [4.69, 9.17) is 4.98 Å². The van der Waals surface area contributed by atoms with Gasteiger partial charge in [-0.25, -0.2) is 4.98 Å². The molecule has 0 saturated carbocycles. The van der Waals surface area contributed by atoms with Gasteiger partial charge in [0.2, 0.25) is 0 Å². The first-order chi connectivity index (χ1) is 14.7. The zero-order valence-electron chi connectivity index (χ0n) is 16.7. The van der Waals surface area contributed by atoms with E-state index in [0.29, 0.717) is 12.4 Å². The summed E-state index contributed by atoms with van der Waals surface area (Å²) < 4.78 is 2.23. The molecule has 0 aliphatic carbocycles. The summed E-state index contributed by atoms with van der Waals surface area (Å²) in [4.78, 5) is 26.9. The number of hydrogen-bond donors (Lipinski definition) is 1. The van der Waals surface area contributed by atoms with Crippen molar-refractivity contribution in [3.8, 4) is 11.4 Å². The normalized spacial score (nSPS) is 14.0. The topological polar surface area (TPSA) is 66.8 Å². The molecule has 6 nitrogen and oxygen atoms in total. The van der Waals surface area contributed by atoms with Crippen LogP contribution in [0.4, 0.5) is 0 Å². The zero-order chi connectivity index (χ0) is 20.5. The predicted octanol–water partition coefficient (Wildman–Crippen LogP) is 3.53. The van der Waals surface area contributed by atoms with Crippen molar-refractivity contribution in [1.82, 2.24) is 24.4 Å². The molecule has 0 radical (unpaired) electrons. The molecule has 150 valence electrons. The number of nitrogens with zero attached hydrogens (tertiary/aromatic N) is 4. The van der Waals surface area contributed by atoms with Gasteiger partial charge in [0.25, 0.3) is 5.56 Å². The average Bonchev–Trinajstić information content (AvgIpc) is 3.12. The molecular weight excluding hydrogens is 374 g/mol. The Balaban J connectivity index is 1.42. The first-order valence-electron chi connectivity index (χ1n) is 10.2. The van der Waals surface area contributed by atoms with Crippen LogP contribution in [-0.2, 0) is 26.1 Å². The van der Waals surface area contributed by atoms with Crippen LogP contribution in [0, 0.1) is 0 Å². The number of pyridine rings is 1. The summed E-state index contributed by atoms with van der Waals surface area (Å²) in [5.74, 6) is 0.591. The van der Waals surface area contributed by atoms with Gasteiger partial charge in [-0.1, -0.05) is 24.3 Å². The molecule has 5 rings (SSSR count). The first-order valence-corrected chi connectivity index (χ1v) is 10.2. The largest absolute Gasteiger partial charge is 0.343 e. The molecule has 0 atom stereocenters. The Morgan fingerprint density at radius 1 is 1.20 bits per heavy atom. The van der Waals surface area contributed by atoms with E-state index in [2.05, 4.69) is 56.5 Å². The molecule has 0 amide bonds. The summed E-state index contributed by atoms with van der Waals surface area (Å²) >= 11 is 0. The highest BCUT2D eigenvalue weighted by atomic mass is 16.1. The van der Waals surface area contributed by atoms with Crippen molar-refractivity contribution in [2.45, 2.75) is 26.1 Å². The summed E-state index contributed by atoms with van der Waals surface area (Å²) in [7, 11) is 0. The van der Waals surface area contributed by atoms with Crippen molar-refractivity contribution >= 4 is 10.9 Å². The lowest BCUT2D eigenvalue weighted by Gasteiger charge is -2.27. The van der Waals surface area contributed by atoms with Crippen molar-refractivity contribution in [3.63, 3.8) is 0 Å². The van der Waals surface area contributed by atoms with Crippen LogP contribution in [0.5, 0.6) is 0 Å². The minimum absolute atomic E-state index is 0.0577. The maximum Gasteiger partial charge on any atom is 0.255 e. The standard InChI is InChI=1S/C24H23N5O/c1-2-11-29-15-18(19-7-3-4-8-22(19)29)14-28-12-9-21-20(16-28)24(30)27-23(26-21)17-6-5-10-25-13-17/h2-8,10,13,15H,1,9,11-12,14,16H2,(H,26,27,30). The van der Waals surface area contributed by atoms with Crippen molar-refractivity contribution in [1.29, 1.82) is 0 Å². The van der Waals surface area contributed by atoms with E-state index >= 15 is 0 Å². The number of hydrogen-bond acceptors (Lipinski definition) is 4. The molecule has 1 aromatic carbocycles. The number of H-pyrrole nitrogens is 1. The lowest BCUT2D eigenvalue weighted by molar-refractivity contribution is 0.242. The Labute approximate surface area is 174 Å². The molecule has 0 unspecified atom stereocenters. The summed E-state index contributed by atoms with van der Waals surface area (Å²) in [6.45, 7) is 6.93. The minimum atomic E-state index is -0.0577. The maximum atomic E-state index is 12.8. The van der Waals surface area contributed by atoms with Crippen LogP contribution in [0.3, 0.4) is 0 Å². The maximum absolute atomic E-state index is 12.8. The quantitative estimate of drug-likeness (QED) is 0.523. The lowest BCUT2D eigenvalue weighted by Crippen LogP contribution is -2.35. The van der Waals surface area contributed by atoms with Gasteiger partial charge in [-0.2, -0.15) is 0 Å². The van der Waals surface area contributed by atoms with Gasteiger partial charge in [-0.3, -0.25) is 14.7 Å². The van der Waals surface area contributed by atoms with Crippen LogP contribution in [0.15, 0.2) is 72.4 Å². The summed E-state index contributed by atoms with van der Waals surface area (Å²) in [6.07, 6.45) is 8.31. The number of para-hydroxylation sites is 1. The second kappa shape index (κ2) is 7.72. The molecular formula is C24H23N5O. The van der Waals surface area contributed by atoms with E-state index in [9.17, 15) is 4.79 Å². The van der Waals surface area contributed by atoms with Crippen molar-refractivity contribution in [3.05, 3.63) is 94.8 Å². The highest BCUT2D eigenvalue weighted by Gasteiger charge is 2.22. The fraction of sp³-hybridized carbons (Fsp3) is 0.208. The number of aromatic nitrogens is 4. The number of nitrogens with one attached hydrogen (secondary N) is 1. The van der Waals surface area contributed by atoms with Crippen LogP contribution >= 0.6 is 0 Å². The van der Waals surface area contributed by atoms with Crippen LogP contribution in [-0.4, -0.2) is 31.0 Å². The molecule has 1 aliphatic rings. The van der Waals surface area contributed by atoms with Crippen molar-refractivity contribution in [2.24, 2.45) is 0 Å². The third kappa shape index (κ3) is 3.35. The number of aromatic amines is 1. The van der Waals surface area contributed by atoms with Crippen LogP contribution in [0.25, 0.3) is 22.3 Å². The van der Waals surface area contributed by atoms with Crippen LogP contribution in [0.1, 0.15) is 16.8 Å². The smallest absolute Gasteiger partial charge is 0.255 e. The van der Waals surface area contributed by atoms with E-state index in [1.54, 1.807) is 12.4 Å². The molecule has 1 aliphatic heterocycles. The molecule has 1 N–H and O–H groups in total. The Hall–Kier alpha value is -3.51. The number of benzene rings is 1. The second-order valence-corrected chi connectivity index (χ2v) is 7.65. The summed E-state index contributed by atoms with van der Waals surface area (Å²) in [6, 6.07) is 12.2. The van der Waals surface area contributed by atoms with Gasteiger partial charge < -0.3 is 9.55 Å². The monoisotopic (exact) mass is 397 g/mol. The van der Waals surface area contributed by atoms with E-state index in [-0.39, 0.29) is 5.56 Å². The van der Waals surface area contributed by atoms with Gasteiger partial charge in [0.05, 0.1) is 11.3 Å². The van der Waals surface area contributed by atoms with Crippen molar-refractivity contribution in [2.75, 3.05) is 6.54 Å². The van der Waals surface area contributed by atoms with Crippen molar-refractivity contribution < 1.29 is 0 Å². The van der Waals surface area contributed by atoms with Gasteiger partial charge in [-0.15, -0.1) is 6.58 Å². The van der Waals surface area contributed by atoms with E-state index < -0.39 is 0 Å². The highest BCUT2D eigenvalue weighted by Crippen LogP contribution is 2.25. The first kappa shape index (κ1) is 18.5. The van der Waals surface area contributed by atoms with E-state index in [1.807, 2.05) is 18.2 Å². The third-order valence-corrected chi connectivity index (χ3v) is 5.67. The lowest BCUT2D eigenvalue weighted by atomic mass is 10.1. The Morgan fingerprint density at radius 2 is 2.10 bits per heavy atom. The molecule has 0 fully saturated rings. The molecule has 3 aromatic heterocycles. The predicted molar refractivity (Wildman–Crippen MR) is 118 cm³/mol.